The minimum absolute atomic E-state index is 0.698. The smallest absolute Gasteiger partial charge is 0.123 e. The summed E-state index contributed by atoms with van der Waals surface area (Å²) in [6, 6.07) is 8.09. The molecule has 0 fully saturated rings. The molecule has 1 aromatic carbocycles. The number of nitrogens with zero attached hydrogens (tertiary/aromatic N) is 1. The van der Waals surface area contributed by atoms with Crippen molar-refractivity contribution in [2.24, 2.45) is 0 Å². The van der Waals surface area contributed by atoms with Crippen molar-refractivity contribution in [3.63, 3.8) is 0 Å². The fourth-order valence-corrected chi connectivity index (χ4v) is 2.52. The second kappa shape index (κ2) is 6.52. The number of thiazole rings is 1. The van der Waals surface area contributed by atoms with Crippen LogP contribution in [-0.4, -0.2) is 18.1 Å². The summed E-state index contributed by atoms with van der Waals surface area (Å²) in [6.45, 7) is 6.67. The van der Waals surface area contributed by atoms with Crippen LogP contribution in [0, 0.1) is 0 Å². The van der Waals surface area contributed by atoms with Gasteiger partial charge < -0.3 is 10.1 Å². The first kappa shape index (κ1) is 13.1. The zero-order valence-corrected chi connectivity index (χ0v) is 11.6. The Labute approximate surface area is 112 Å². The molecule has 0 aliphatic heterocycles. The summed E-state index contributed by atoms with van der Waals surface area (Å²) in [5.74, 6) is 0.908. The van der Waals surface area contributed by atoms with Crippen LogP contribution in [0.4, 0.5) is 0 Å². The molecule has 0 amide bonds. The summed E-state index contributed by atoms with van der Waals surface area (Å²) in [6.07, 6.45) is 1.94. The molecule has 1 aromatic heterocycles. The average Bonchev–Trinajstić information content (AvgIpc) is 2.86. The Hall–Kier alpha value is -1.39. The van der Waals surface area contributed by atoms with Gasteiger partial charge in [-0.15, -0.1) is 11.3 Å². The molecule has 18 heavy (non-hydrogen) atoms. The maximum atomic E-state index is 5.43. The molecule has 0 saturated carbocycles. The van der Waals surface area contributed by atoms with E-state index >= 15 is 0 Å². The van der Waals surface area contributed by atoms with Gasteiger partial charge in [-0.3, -0.25) is 0 Å². The second-order valence-electron chi connectivity index (χ2n) is 3.87. The molecular formula is C14H18N2OS. The Morgan fingerprint density at radius 1 is 1.22 bits per heavy atom. The Morgan fingerprint density at radius 3 is 2.67 bits per heavy atom. The van der Waals surface area contributed by atoms with Crippen LogP contribution in [0.3, 0.4) is 0 Å². The lowest BCUT2D eigenvalue weighted by molar-refractivity contribution is 0.340. The molecule has 0 spiro atoms. The number of rotatable bonds is 6. The number of hydrogen-bond donors (Lipinski definition) is 1. The molecule has 1 heterocycles. The lowest BCUT2D eigenvalue weighted by Gasteiger charge is -2.02. The van der Waals surface area contributed by atoms with Gasteiger partial charge in [0.15, 0.2) is 0 Å². The molecule has 0 unspecified atom stereocenters. The van der Waals surface area contributed by atoms with Gasteiger partial charge in [-0.05, 0) is 37.7 Å². The number of benzene rings is 1. The Kier molecular flexibility index (Phi) is 4.73. The first-order valence-corrected chi connectivity index (χ1v) is 7.03. The van der Waals surface area contributed by atoms with E-state index < -0.39 is 0 Å². The first-order valence-electron chi connectivity index (χ1n) is 6.22. The maximum absolute atomic E-state index is 5.43. The van der Waals surface area contributed by atoms with E-state index in [9.17, 15) is 0 Å². The van der Waals surface area contributed by atoms with E-state index in [1.54, 1.807) is 11.3 Å². The van der Waals surface area contributed by atoms with Crippen LogP contribution in [0.15, 0.2) is 30.5 Å². The van der Waals surface area contributed by atoms with E-state index in [4.69, 9.17) is 4.74 Å². The van der Waals surface area contributed by atoms with E-state index in [1.165, 1.54) is 4.88 Å². The van der Waals surface area contributed by atoms with Gasteiger partial charge in [-0.25, -0.2) is 4.98 Å². The van der Waals surface area contributed by atoms with Crippen molar-refractivity contribution < 1.29 is 4.74 Å². The monoisotopic (exact) mass is 262 g/mol. The summed E-state index contributed by atoms with van der Waals surface area (Å²) in [5, 5.41) is 4.37. The maximum Gasteiger partial charge on any atom is 0.123 e. The predicted octanol–water partition coefficient (Wildman–Crippen LogP) is 3.32. The summed E-state index contributed by atoms with van der Waals surface area (Å²) in [7, 11) is 0. The van der Waals surface area contributed by atoms with Crippen molar-refractivity contribution in [3.05, 3.63) is 35.3 Å². The zero-order chi connectivity index (χ0) is 12.8. The van der Waals surface area contributed by atoms with Crippen molar-refractivity contribution in [1.82, 2.24) is 10.3 Å². The third kappa shape index (κ3) is 3.31. The van der Waals surface area contributed by atoms with Crippen molar-refractivity contribution in [1.29, 1.82) is 0 Å². The molecule has 2 rings (SSSR count). The highest BCUT2D eigenvalue weighted by Gasteiger charge is 2.04. The van der Waals surface area contributed by atoms with Crippen LogP contribution in [0.5, 0.6) is 5.75 Å². The fourth-order valence-electron chi connectivity index (χ4n) is 1.63. The average molecular weight is 262 g/mol. The van der Waals surface area contributed by atoms with Crippen molar-refractivity contribution in [2.75, 3.05) is 13.2 Å². The van der Waals surface area contributed by atoms with E-state index in [1.807, 2.05) is 25.3 Å². The van der Waals surface area contributed by atoms with Crippen LogP contribution in [0.1, 0.15) is 18.7 Å². The highest BCUT2D eigenvalue weighted by molar-refractivity contribution is 7.15. The Morgan fingerprint density at radius 2 is 2.00 bits per heavy atom. The minimum atomic E-state index is 0.698. The summed E-state index contributed by atoms with van der Waals surface area (Å²) < 4.78 is 5.43. The first-order chi connectivity index (χ1) is 8.83. The highest BCUT2D eigenvalue weighted by Crippen LogP contribution is 2.26. The summed E-state index contributed by atoms with van der Waals surface area (Å²) in [5.41, 5.74) is 1.14. The van der Waals surface area contributed by atoms with Gasteiger partial charge in [0.1, 0.15) is 10.8 Å². The van der Waals surface area contributed by atoms with Gasteiger partial charge >= 0.3 is 0 Å². The normalized spacial score (nSPS) is 10.6. The van der Waals surface area contributed by atoms with E-state index in [0.29, 0.717) is 6.61 Å². The van der Waals surface area contributed by atoms with Gasteiger partial charge in [0.25, 0.3) is 0 Å². The number of aromatic nitrogens is 1. The SMILES string of the molecule is CCNCc1cnc(-c2ccc(OCC)cc2)s1. The van der Waals surface area contributed by atoms with E-state index in [-0.39, 0.29) is 0 Å². The van der Waals surface area contributed by atoms with Crippen molar-refractivity contribution in [2.45, 2.75) is 20.4 Å². The molecule has 0 bridgehead atoms. The molecule has 3 nitrogen and oxygen atoms in total. The van der Waals surface area contributed by atoms with Crippen LogP contribution in [-0.2, 0) is 6.54 Å². The third-order valence-electron chi connectivity index (χ3n) is 2.52. The molecule has 96 valence electrons. The molecular weight excluding hydrogens is 244 g/mol. The van der Waals surface area contributed by atoms with Crippen LogP contribution < -0.4 is 10.1 Å². The number of hydrogen-bond acceptors (Lipinski definition) is 4. The lowest BCUT2D eigenvalue weighted by atomic mass is 10.2. The number of nitrogens with one attached hydrogen (secondary N) is 1. The molecule has 0 aliphatic rings. The molecule has 0 aliphatic carbocycles. The van der Waals surface area contributed by atoms with Crippen LogP contribution in [0.2, 0.25) is 0 Å². The van der Waals surface area contributed by atoms with E-state index in [0.717, 1.165) is 29.4 Å². The summed E-state index contributed by atoms with van der Waals surface area (Å²) >= 11 is 1.73. The summed E-state index contributed by atoms with van der Waals surface area (Å²) in [4.78, 5) is 5.72. The zero-order valence-electron chi connectivity index (χ0n) is 10.8. The van der Waals surface area contributed by atoms with Gasteiger partial charge in [0, 0.05) is 23.2 Å². The van der Waals surface area contributed by atoms with Gasteiger partial charge in [-0.2, -0.15) is 0 Å². The highest BCUT2D eigenvalue weighted by atomic mass is 32.1. The predicted molar refractivity (Wildman–Crippen MR) is 76.1 cm³/mol. The van der Waals surface area contributed by atoms with Gasteiger partial charge in [-0.1, -0.05) is 6.92 Å². The largest absolute Gasteiger partial charge is 0.494 e. The van der Waals surface area contributed by atoms with Gasteiger partial charge in [0.05, 0.1) is 6.61 Å². The quantitative estimate of drug-likeness (QED) is 0.867. The molecule has 2 aromatic rings. The van der Waals surface area contributed by atoms with Crippen LogP contribution in [0.25, 0.3) is 10.6 Å². The second-order valence-corrected chi connectivity index (χ2v) is 4.98. The molecule has 1 N–H and O–H groups in total. The molecule has 0 radical (unpaired) electrons. The topological polar surface area (TPSA) is 34.2 Å². The Balaban J connectivity index is 2.08. The molecule has 0 saturated heterocycles. The van der Waals surface area contributed by atoms with Gasteiger partial charge in [0.2, 0.25) is 0 Å². The molecule has 0 atom stereocenters. The van der Waals surface area contributed by atoms with E-state index in [2.05, 4.69) is 29.4 Å². The minimum Gasteiger partial charge on any atom is -0.494 e. The lowest BCUT2D eigenvalue weighted by Crippen LogP contribution is -2.10. The van der Waals surface area contributed by atoms with Crippen molar-refractivity contribution in [3.8, 4) is 16.3 Å². The van der Waals surface area contributed by atoms with Crippen LogP contribution >= 0.6 is 11.3 Å². The number of ether oxygens (including phenoxy) is 1. The standard InChI is InChI=1S/C14H18N2OS/c1-3-15-9-13-10-16-14(18-13)11-5-7-12(8-6-11)17-4-2/h5-8,10,15H,3-4,9H2,1-2H3. The fraction of sp³-hybridized carbons (Fsp3) is 0.357. The van der Waals surface area contributed by atoms with Crippen molar-refractivity contribution >= 4 is 11.3 Å². The third-order valence-corrected chi connectivity index (χ3v) is 3.56. The Bertz CT molecular complexity index is 479. The molecule has 4 heteroatoms.